The minimum atomic E-state index is -0.750. The number of rotatable bonds is 6. The third kappa shape index (κ3) is 5.42. The van der Waals surface area contributed by atoms with Crippen molar-refractivity contribution in [2.45, 2.75) is 0 Å². The van der Waals surface area contributed by atoms with Crippen molar-refractivity contribution in [3.8, 4) is 28.6 Å². The summed E-state index contributed by atoms with van der Waals surface area (Å²) in [6.45, 7) is 0. The number of anilines is 2. The number of fused-ring (bicyclic) bond motifs is 1. The van der Waals surface area contributed by atoms with Gasteiger partial charge in [0.25, 0.3) is 0 Å². The number of hydrogen-bond donors (Lipinski definition) is 2. The lowest BCUT2D eigenvalue weighted by atomic mass is 10.1. The highest BCUT2D eigenvalue weighted by Gasteiger charge is 2.20. The van der Waals surface area contributed by atoms with Crippen LogP contribution < -0.4 is 31.1 Å². The Hall–Kier alpha value is -5.57. The van der Waals surface area contributed by atoms with E-state index in [0.717, 1.165) is 0 Å². The summed E-state index contributed by atoms with van der Waals surface area (Å²) in [7, 11) is 1.54. The molecule has 0 atom stereocenters. The van der Waals surface area contributed by atoms with Crippen LogP contribution in [0, 0.1) is 0 Å². The monoisotopic (exact) mass is 522 g/mol. The second-order valence-corrected chi connectivity index (χ2v) is 8.53. The standard InChI is InChI=1S/C30H22N2O7/c1-36-22-10-8-17(9-11-22)26-16-25(33)24-14-23(37-29(34)18-4-2-6-20(31)12-18)15-27(28(24)38-26)39-30(35)19-5-3-7-21(32)13-19/h2-16H,31-32H2,1H3. The van der Waals surface area contributed by atoms with Crippen LogP contribution in [0.25, 0.3) is 22.3 Å². The summed E-state index contributed by atoms with van der Waals surface area (Å²) in [5.41, 5.74) is 12.9. The molecule has 4 aromatic carbocycles. The first-order valence-corrected chi connectivity index (χ1v) is 11.7. The van der Waals surface area contributed by atoms with Gasteiger partial charge in [-0.25, -0.2) is 9.59 Å². The molecule has 5 aromatic rings. The SMILES string of the molecule is COc1ccc(-c2cc(=O)c3cc(OC(=O)c4cccc(N)c4)cc(OC(=O)c4cccc(N)c4)c3o2)cc1. The number of nitrogen functional groups attached to an aromatic ring is 2. The first-order valence-electron chi connectivity index (χ1n) is 11.7. The minimum Gasteiger partial charge on any atom is -0.497 e. The fraction of sp³-hybridized carbons (Fsp3) is 0.0333. The molecule has 0 saturated heterocycles. The van der Waals surface area contributed by atoms with Crippen LogP contribution in [-0.4, -0.2) is 19.0 Å². The number of carbonyl (C=O) groups excluding carboxylic acids is 2. The van der Waals surface area contributed by atoms with Gasteiger partial charge in [-0.15, -0.1) is 0 Å². The van der Waals surface area contributed by atoms with Crippen molar-refractivity contribution in [1.82, 2.24) is 0 Å². The molecule has 0 unspecified atom stereocenters. The van der Waals surface area contributed by atoms with Crippen LogP contribution in [0.3, 0.4) is 0 Å². The number of carbonyl (C=O) groups is 2. The Morgan fingerprint density at radius 2 is 1.33 bits per heavy atom. The topological polar surface area (TPSA) is 144 Å². The van der Waals surface area contributed by atoms with Crippen molar-refractivity contribution in [3.05, 3.63) is 112 Å². The molecule has 0 aliphatic carbocycles. The van der Waals surface area contributed by atoms with Gasteiger partial charge >= 0.3 is 11.9 Å². The maximum Gasteiger partial charge on any atom is 0.343 e. The second-order valence-electron chi connectivity index (χ2n) is 8.53. The Bertz CT molecular complexity index is 1780. The van der Waals surface area contributed by atoms with Gasteiger partial charge in [-0.1, -0.05) is 12.1 Å². The van der Waals surface area contributed by atoms with E-state index in [1.165, 1.54) is 42.5 Å². The molecule has 9 heteroatoms. The number of benzene rings is 4. The molecule has 39 heavy (non-hydrogen) atoms. The fourth-order valence-corrected chi connectivity index (χ4v) is 3.89. The normalized spacial score (nSPS) is 10.7. The van der Waals surface area contributed by atoms with Crippen LogP contribution in [-0.2, 0) is 0 Å². The number of hydrogen-bond acceptors (Lipinski definition) is 9. The van der Waals surface area contributed by atoms with Crippen LogP contribution in [0.15, 0.2) is 100 Å². The lowest BCUT2D eigenvalue weighted by Gasteiger charge is -2.12. The number of nitrogens with two attached hydrogens (primary N) is 2. The Balaban J connectivity index is 1.60. The van der Waals surface area contributed by atoms with E-state index in [-0.39, 0.29) is 39.4 Å². The van der Waals surface area contributed by atoms with Gasteiger partial charge in [-0.05, 0) is 66.7 Å². The van der Waals surface area contributed by atoms with Crippen LogP contribution in [0.4, 0.5) is 11.4 Å². The van der Waals surface area contributed by atoms with Crippen LogP contribution in [0.2, 0.25) is 0 Å². The number of methoxy groups -OCH3 is 1. The quantitative estimate of drug-likeness (QED) is 0.177. The van der Waals surface area contributed by atoms with Crippen molar-refractivity contribution >= 4 is 34.3 Å². The molecule has 0 fully saturated rings. The molecule has 1 heterocycles. The minimum absolute atomic E-state index is 0.00525. The van der Waals surface area contributed by atoms with Gasteiger partial charge in [0.05, 0.1) is 23.6 Å². The molecule has 0 amide bonds. The highest BCUT2D eigenvalue weighted by Crippen LogP contribution is 2.34. The summed E-state index contributed by atoms with van der Waals surface area (Å²) < 4.78 is 22.4. The highest BCUT2D eigenvalue weighted by molar-refractivity contribution is 5.96. The summed E-state index contributed by atoms with van der Waals surface area (Å²) in [6.07, 6.45) is 0. The lowest BCUT2D eigenvalue weighted by Crippen LogP contribution is -2.12. The Labute approximate surface area is 222 Å². The zero-order chi connectivity index (χ0) is 27.5. The fourth-order valence-electron chi connectivity index (χ4n) is 3.89. The summed E-state index contributed by atoms with van der Waals surface area (Å²) in [4.78, 5) is 38.9. The molecule has 1 aromatic heterocycles. The highest BCUT2D eigenvalue weighted by atomic mass is 16.5. The molecule has 0 bridgehead atoms. The second kappa shape index (κ2) is 10.4. The number of esters is 2. The van der Waals surface area contributed by atoms with Gasteiger partial charge in [0.15, 0.2) is 16.8 Å². The van der Waals surface area contributed by atoms with E-state index in [2.05, 4.69) is 0 Å². The Kier molecular flexibility index (Phi) is 6.71. The summed E-state index contributed by atoms with van der Waals surface area (Å²) >= 11 is 0. The van der Waals surface area contributed by atoms with E-state index in [0.29, 0.717) is 22.7 Å². The molecule has 0 spiro atoms. The molecule has 0 aliphatic heterocycles. The van der Waals surface area contributed by atoms with Crippen LogP contribution in [0.5, 0.6) is 17.2 Å². The van der Waals surface area contributed by atoms with Gasteiger partial charge in [0.2, 0.25) is 0 Å². The smallest absolute Gasteiger partial charge is 0.343 e. The first-order chi connectivity index (χ1) is 18.8. The van der Waals surface area contributed by atoms with Crippen molar-refractivity contribution < 1.29 is 28.2 Å². The molecular weight excluding hydrogens is 500 g/mol. The van der Waals surface area contributed by atoms with Gasteiger partial charge < -0.3 is 30.1 Å². The summed E-state index contributed by atoms with van der Waals surface area (Å²) in [6, 6.07) is 23.3. The average Bonchev–Trinajstić information content (AvgIpc) is 2.93. The maximum atomic E-state index is 13.2. The predicted octanol–water partition coefficient (Wildman–Crippen LogP) is 5.07. The van der Waals surface area contributed by atoms with Gasteiger partial charge in [0.1, 0.15) is 17.3 Å². The van der Waals surface area contributed by atoms with E-state index < -0.39 is 17.4 Å². The first kappa shape index (κ1) is 25.1. The van der Waals surface area contributed by atoms with Crippen LogP contribution in [0.1, 0.15) is 20.7 Å². The van der Waals surface area contributed by atoms with Crippen LogP contribution >= 0.6 is 0 Å². The largest absolute Gasteiger partial charge is 0.497 e. The number of ether oxygens (including phenoxy) is 3. The van der Waals surface area contributed by atoms with E-state index in [9.17, 15) is 14.4 Å². The van der Waals surface area contributed by atoms with E-state index in [1.807, 2.05) is 0 Å². The van der Waals surface area contributed by atoms with Crippen molar-refractivity contribution in [1.29, 1.82) is 0 Å². The third-order valence-corrected chi connectivity index (χ3v) is 5.80. The molecular formula is C30H22N2O7. The average molecular weight is 523 g/mol. The van der Waals surface area contributed by atoms with Gasteiger partial charge in [-0.3, -0.25) is 4.79 Å². The molecule has 4 N–H and O–H groups in total. The van der Waals surface area contributed by atoms with Crippen molar-refractivity contribution in [2.75, 3.05) is 18.6 Å². The molecule has 9 nitrogen and oxygen atoms in total. The van der Waals surface area contributed by atoms with Crippen molar-refractivity contribution in [3.63, 3.8) is 0 Å². The van der Waals surface area contributed by atoms with E-state index in [4.69, 9.17) is 30.1 Å². The van der Waals surface area contributed by atoms with Crippen molar-refractivity contribution in [2.24, 2.45) is 0 Å². The third-order valence-electron chi connectivity index (χ3n) is 5.80. The maximum absolute atomic E-state index is 13.2. The summed E-state index contributed by atoms with van der Waals surface area (Å²) in [5, 5.41) is 0.0421. The van der Waals surface area contributed by atoms with Gasteiger partial charge in [0, 0.05) is 29.1 Å². The lowest BCUT2D eigenvalue weighted by molar-refractivity contribution is 0.0733. The zero-order valence-corrected chi connectivity index (χ0v) is 20.7. The molecule has 194 valence electrons. The molecule has 0 saturated carbocycles. The van der Waals surface area contributed by atoms with E-state index in [1.54, 1.807) is 55.6 Å². The molecule has 0 radical (unpaired) electrons. The Morgan fingerprint density at radius 3 is 1.92 bits per heavy atom. The van der Waals surface area contributed by atoms with E-state index >= 15 is 0 Å². The van der Waals surface area contributed by atoms with Gasteiger partial charge in [-0.2, -0.15) is 0 Å². The summed E-state index contributed by atoms with van der Waals surface area (Å²) in [5.74, 6) is -0.752. The Morgan fingerprint density at radius 1 is 0.718 bits per heavy atom. The predicted molar refractivity (Wildman–Crippen MR) is 146 cm³/mol. The molecule has 5 rings (SSSR count). The molecule has 0 aliphatic rings. The zero-order valence-electron chi connectivity index (χ0n) is 20.7.